The van der Waals surface area contributed by atoms with E-state index in [4.69, 9.17) is 11.5 Å². The number of hydrogen-bond acceptors (Lipinski definition) is 4. The van der Waals surface area contributed by atoms with Gasteiger partial charge >= 0.3 is 0 Å². The largest absolute Gasteiger partial charge is 0.366 e. The van der Waals surface area contributed by atoms with Crippen LogP contribution in [-0.2, 0) is 0 Å². The van der Waals surface area contributed by atoms with Crippen LogP contribution >= 0.6 is 0 Å². The van der Waals surface area contributed by atoms with Gasteiger partial charge in [-0.25, -0.2) is 0 Å². The molecular weight excluding hydrogens is 384 g/mol. The van der Waals surface area contributed by atoms with Crippen LogP contribution in [0.4, 0.5) is 11.4 Å². The lowest BCUT2D eigenvalue weighted by Crippen LogP contribution is -2.16. The summed E-state index contributed by atoms with van der Waals surface area (Å²) in [6.07, 6.45) is 0. The van der Waals surface area contributed by atoms with Crippen molar-refractivity contribution in [1.29, 1.82) is 0 Å². The van der Waals surface area contributed by atoms with Crippen molar-refractivity contribution in [3.8, 4) is 0 Å². The van der Waals surface area contributed by atoms with Crippen molar-refractivity contribution in [2.24, 2.45) is 11.5 Å². The fourth-order valence-corrected chi connectivity index (χ4v) is 2.68. The molecule has 0 saturated heterocycles. The highest BCUT2D eigenvalue weighted by Gasteiger charge is 2.11. The molecule has 0 fully saturated rings. The minimum absolute atomic E-state index is 0.278. The maximum absolute atomic E-state index is 12.4. The van der Waals surface area contributed by atoms with Gasteiger partial charge in [0.15, 0.2) is 0 Å². The molecule has 150 valence electrons. The maximum atomic E-state index is 12.4. The molecule has 3 rings (SSSR count). The van der Waals surface area contributed by atoms with E-state index < -0.39 is 23.6 Å². The van der Waals surface area contributed by atoms with Crippen LogP contribution in [0.3, 0.4) is 0 Å². The minimum Gasteiger partial charge on any atom is -0.366 e. The van der Waals surface area contributed by atoms with E-state index in [9.17, 15) is 19.2 Å². The highest BCUT2D eigenvalue weighted by Crippen LogP contribution is 2.15. The molecule has 0 bridgehead atoms. The third-order valence-electron chi connectivity index (χ3n) is 4.22. The molecule has 4 amide bonds. The summed E-state index contributed by atoms with van der Waals surface area (Å²) in [7, 11) is 0. The first-order chi connectivity index (χ1) is 14.3. The molecule has 6 N–H and O–H groups in total. The fraction of sp³-hybridized carbons (Fsp3) is 0. The van der Waals surface area contributed by atoms with Crippen LogP contribution in [0, 0.1) is 0 Å². The summed E-state index contributed by atoms with van der Waals surface area (Å²) in [5, 5.41) is 5.34. The molecule has 0 aliphatic carbocycles. The molecule has 8 heteroatoms. The Balaban J connectivity index is 1.68. The molecule has 0 saturated carbocycles. The van der Waals surface area contributed by atoms with Gasteiger partial charge in [0.25, 0.3) is 11.8 Å². The Bertz CT molecular complexity index is 1050. The predicted molar refractivity (Wildman–Crippen MR) is 112 cm³/mol. The number of carbonyl (C=O) groups excluding carboxylic acids is 4. The summed E-state index contributed by atoms with van der Waals surface area (Å²) in [6.45, 7) is 0. The smallest absolute Gasteiger partial charge is 0.255 e. The number of hydrogen-bond donors (Lipinski definition) is 4. The predicted octanol–water partition coefficient (Wildman–Crippen LogP) is 2.39. The molecule has 30 heavy (non-hydrogen) atoms. The lowest BCUT2D eigenvalue weighted by atomic mass is 10.1. The fourth-order valence-electron chi connectivity index (χ4n) is 2.68. The van der Waals surface area contributed by atoms with Gasteiger partial charge in [-0.2, -0.15) is 0 Å². The number of nitrogens with one attached hydrogen (secondary N) is 2. The van der Waals surface area contributed by atoms with Gasteiger partial charge in [0, 0.05) is 33.6 Å². The number of primary amides is 2. The van der Waals surface area contributed by atoms with E-state index in [1.807, 2.05) is 0 Å². The summed E-state index contributed by atoms with van der Waals surface area (Å²) in [5.74, 6) is -2.00. The molecule has 0 unspecified atom stereocenters. The van der Waals surface area contributed by atoms with E-state index in [0.717, 1.165) is 0 Å². The van der Waals surface area contributed by atoms with Gasteiger partial charge in [-0.3, -0.25) is 19.2 Å². The van der Waals surface area contributed by atoms with Crippen molar-refractivity contribution in [2.75, 3.05) is 10.6 Å². The topological polar surface area (TPSA) is 144 Å². The second kappa shape index (κ2) is 8.70. The second-order valence-electron chi connectivity index (χ2n) is 6.38. The quantitative estimate of drug-likeness (QED) is 0.502. The van der Waals surface area contributed by atoms with Gasteiger partial charge in [0.05, 0.1) is 0 Å². The van der Waals surface area contributed by atoms with Gasteiger partial charge in [-0.05, 0) is 60.7 Å². The van der Waals surface area contributed by atoms with Crippen molar-refractivity contribution in [2.45, 2.75) is 0 Å². The van der Waals surface area contributed by atoms with E-state index in [0.29, 0.717) is 22.5 Å². The number of nitrogens with two attached hydrogens (primary N) is 2. The zero-order valence-electron chi connectivity index (χ0n) is 15.7. The first kappa shape index (κ1) is 20.3. The lowest BCUT2D eigenvalue weighted by molar-refractivity contribution is 0.0991. The third-order valence-corrected chi connectivity index (χ3v) is 4.22. The summed E-state index contributed by atoms with van der Waals surface area (Å²) in [6, 6.07) is 18.5. The average Bonchev–Trinajstić information content (AvgIpc) is 2.74. The first-order valence-corrected chi connectivity index (χ1v) is 8.86. The van der Waals surface area contributed by atoms with E-state index >= 15 is 0 Å². The van der Waals surface area contributed by atoms with Crippen LogP contribution in [0.5, 0.6) is 0 Å². The molecule has 0 aliphatic rings. The van der Waals surface area contributed by atoms with Crippen LogP contribution in [0.25, 0.3) is 0 Å². The number of carbonyl (C=O) groups is 4. The molecular formula is C22H18N4O4. The minimum atomic E-state index is -0.595. The Morgan fingerprint density at radius 3 is 1.23 bits per heavy atom. The molecule has 0 radical (unpaired) electrons. The number of amides is 4. The third kappa shape index (κ3) is 4.87. The number of rotatable bonds is 6. The molecule has 3 aromatic carbocycles. The van der Waals surface area contributed by atoms with Crippen molar-refractivity contribution < 1.29 is 19.2 Å². The van der Waals surface area contributed by atoms with Gasteiger partial charge in [-0.1, -0.05) is 12.1 Å². The van der Waals surface area contributed by atoms with E-state index in [2.05, 4.69) is 10.6 Å². The number of benzene rings is 3. The Morgan fingerprint density at radius 1 is 0.533 bits per heavy atom. The molecule has 3 aromatic rings. The van der Waals surface area contributed by atoms with Crippen LogP contribution in [-0.4, -0.2) is 23.6 Å². The summed E-state index contributed by atoms with van der Waals surface area (Å²) < 4.78 is 0. The van der Waals surface area contributed by atoms with Crippen molar-refractivity contribution >= 4 is 35.0 Å². The summed E-state index contributed by atoms with van der Waals surface area (Å²) in [4.78, 5) is 47.3. The normalized spacial score (nSPS) is 10.1. The van der Waals surface area contributed by atoms with E-state index in [1.54, 1.807) is 36.4 Å². The summed E-state index contributed by atoms with van der Waals surface area (Å²) >= 11 is 0. The zero-order chi connectivity index (χ0) is 21.7. The Kier molecular flexibility index (Phi) is 5.88. The average molecular weight is 402 g/mol. The lowest BCUT2D eigenvalue weighted by Gasteiger charge is -2.08. The van der Waals surface area contributed by atoms with Gasteiger partial charge in [0.1, 0.15) is 0 Å². The summed E-state index contributed by atoms with van der Waals surface area (Å²) in [5.41, 5.74) is 12.5. The second-order valence-corrected chi connectivity index (χ2v) is 6.38. The molecule has 0 aliphatic heterocycles. The van der Waals surface area contributed by atoms with E-state index in [-0.39, 0.29) is 11.1 Å². The maximum Gasteiger partial charge on any atom is 0.255 e. The molecule has 0 aromatic heterocycles. The molecule has 8 nitrogen and oxygen atoms in total. The van der Waals surface area contributed by atoms with Crippen LogP contribution in [0.15, 0.2) is 72.8 Å². The van der Waals surface area contributed by atoms with Crippen molar-refractivity contribution in [3.63, 3.8) is 0 Å². The van der Waals surface area contributed by atoms with Crippen LogP contribution in [0.2, 0.25) is 0 Å². The first-order valence-electron chi connectivity index (χ1n) is 8.86. The van der Waals surface area contributed by atoms with E-state index in [1.165, 1.54) is 36.4 Å². The molecule has 0 spiro atoms. The molecule has 0 heterocycles. The van der Waals surface area contributed by atoms with Gasteiger partial charge < -0.3 is 22.1 Å². The van der Waals surface area contributed by atoms with Crippen molar-refractivity contribution in [1.82, 2.24) is 0 Å². The van der Waals surface area contributed by atoms with Crippen LogP contribution in [0.1, 0.15) is 41.4 Å². The van der Waals surface area contributed by atoms with Crippen molar-refractivity contribution in [3.05, 3.63) is 95.1 Å². The SMILES string of the molecule is NC(=O)c1cccc(NC(=O)c2ccc(C(=O)Nc3cccc(C(N)=O)c3)cc2)c1. The monoisotopic (exact) mass is 402 g/mol. The highest BCUT2D eigenvalue weighted by atomic mass is 16.2. The Hall–Kier alpha value is -4.46. The van der Waals surface area contributed by atoms with Crippen LogP contribution < -0.4 is 22.1 Å². The molecule has 0 atom stereocenters. The Labute approximate surface area is 171 Å². The highest BCUT2D eigenvalue weighted by molar-refractivity contribution is 6.08. The standard InChI is InChI=1S/C22H18N4O4/c23-19(27)15-3-1-5-17(11-15)25-21(29)13-7-9-14(10-8-13)22(30)26-18-6-2-4-16(12-18)20(24)28/h1-12H,(H2,23,27)(H2,24,28)(H,25,29)(H,26,30). The number of anilines is 2. The Morgan fingerprint density at radius 2 is 0.900 bits per heavy atom. The van der Waals surface area contributed by atoms with Gasteiger partial charge in [-0.15, -0.1) is 0 Å². The van der Waals surface area contributed by atoms with Gasteiger partial charge in [0.2, 0.25) is 11.8 Å². The zero-order valence-corrected chi connectivity index (χ0v) is 15.7.